The molecule has 0 aliphatic rings. The number of aliphatic hydroxyl groups is 1. The van der Waals surface area contributed by atoms with Gasteiger partial charge in [0.2, 0.25) is 6.04 Å². The highest BCUT2D eigenvalue weighted by Crippen LogP contribution is 2.35. The fourth-order valence-corrected chi connectivity index (χ4v) is 3.05. The number of hydrogen-bond acceptors (Lipinski definition) is 3. The summed E-state index contributed by atoms with van der Waals surface area (Å²) in [6.45, 7) is 1.73. The Balaban J connectivity index is 2.35. The first-order chi connectivity index (χ1) is 10.6. The quantitative estimate of drug-likeness (QED) is 0.448. The number of hydrogen-bond donors (Lipinski definition) is 1. The van der Waals surface area contributed by atoms with Gasteiger partial charge in [0.05, 0.1) is 0 Å². The number of aliphatic hydroxyl groups excluding tert-OH is 1. The third kappa shape index (κ3) is 2.31. The Kier molecular flexibility index (Phi) is 3.77. The Bertz CT molecular complexity index is 790. The van der Waals surface area contributed by atoms with Crippen LogP contribution in [0.15, 0.2) is 54.6 Å². The Hall–Kier alpha value is -2.46. The van der Waals surface area contributed by atoms with Crippen molar-refractivity contribution >= 4 is 21.5 Å². The molecule has 22 heavy (non-hydrogen) atoms. The zero-order chi connectivity index (χ0) is 15.7. The first-order valence-corrected chi connectivity index (χ1v) is 7.35. The Morgan fingerprint density at radius 2 is 1.55 bits per heavy atom. The van der Waals surface area contributed by atoms with Crippen LogP contribution in [0, 0.1) is 10.1 Å². The molecule has 0 aliphatic heterocycles. The molecule has 4 nitrogen and oxygen atoms in total. The summed E-state index contributed by atoms with van der Waals surface area (Å²) in [5.41, 5.74) is 0.650. The van der Waals surface area contributed by atoms with Crippen molar-refractivity contribution < 1.29 is 10.0 Å². The van der Waals surface area contributed by atoms with Gasteiger partial charge in [-0.15, -0.1) is 0 Å². The molecule has 0 fully saturated rings. The van der Waals surface area contributed by atoms with Gasteiger partial charge in [0.25, 0.3) is 0 Å². The van der Waals surface area contributed by atoms with Crippen LogP contribution in [0.5, 0.6) is 0 Å². The van der Waals surface area contributed by atoms with Crippen LogP contribution in [0.25, 0.3) is 21.5 Å². The van der Waals surface area contributed by atoms with E-state index < -0.39 is 12.1 Å². The average Bonchev–Trinajstić information content (AvgIpc) is 2.52. The number of nitrogens with zero attached hydrogens (tertiary/aromatic N) is 1. The van der Waals surface area contributed by atoms with E-state index in [1.807, 2.05) is 54.6 Å². The normalized spacial score (nSPS) is 14.1. The lowest BCUT2D eigenvalue weighted by atomic mass is 9.90. The van der Waals surface area contributed by atoms with Crippen LogP contribution in [0.4, 0.5) is 0 Å². The van der Waals surface area contributed by atoms with Crippen molar-refractivity contribution in [1.29, 1.82) is 0 Å². The van der Waals surface area contributed by atoms with E-state index >= 15 is 0 Å². The molecule has 0 amide bonds. The second kappa shape index (κ2) is 5.73. The first kappa shape index (κ1) is 14.5. The largest absolute Gasteiger partial charge is 0.381 e. The van der Waals surface area contributed by atoms with E-state index in [-0.39, 0.29) is 11.3 Å². The van der Waals surface area contributed by atoms with Gasteiger partial charge in [0.15, 0.2) is 0 Å². The molecule has 3 aromatic rings. The summed E-state index contributed by atoms with van der Waals surface area (Å²) in [4.78, 5) is 10.9. The predicted octanol–water partition coefficient (Wildman–Crippen LogP) is 4.08. The topological polar surface area (TPSA) is 63.4 Å². The molecule has 2 unspecified atom stereocenters. The summed E-state index contributed by atoms with van der Waals surface area (Å²) < 4.78 is 0. The van der Waals surface area contributed by atoms with Gasteiger partial charge < -0.3 is 5.11 Å². The summed E-state index contributed by atoms with van der Waals surface area (Å²) in [5.74, 6) is 0. The van der Waals surface area contributed by atoms with Crippen molar-refractivity contribution in [2.75, 3.05) is 0 Å². The smallest absolute Gasteiger partial charge is 0.242 e. The van der Waals surface area contributed by atoms with Crippen LogP contribution in [0.2, 0.25) is 0 Å². The minimum atomic E-state index is -1.13. The van der Waals surface area contributed by atoms with Crippen molar-refractivity contribution in [3.63, 3.8) is 0 Å². The van der Waals surface area contributed by atoms with Crippen LogP contribution < -0.4 is 0 Å². The predicted molar refractivity (Wildman–Crippen MR) is 87.5 cm³/mol. The number of nitro groups is 1. The lowest BCUT2D eigenvalue weighted by molar-refractivity contribution is -0.536. The molecule has 0 saturated carbocycles. The monoisotopic (exact) mass is 295 g/mol. The highest BCUT2D eigenvalue weighted by atomic mass is 16.6. The molecule has 3 rings (SSSR count). The van der Waals surface area contributed by atoms with Gasteiger partial charge in [-0.25, -0.2) is 0 Å². The summed E-state index contributed by atoms with van der Waals surface area (Å²) in [5, 5.41) is 25.7. The fourth-order valence-electron chi connectivity index (χ4n) is 3.05. The number of rotatable bonds is 4. The first-order valence-electron chi connectivity index (χ1n) is 7.35. The van der Waals surface area contributed by atoms with Gasteiger partial charge in [0.1, 0.15) is 6.10 Å². The van der Waals surface area contributed by atoms with Crippen LogP contribution >= 0.6 is 0 Å². The van der Waals surface area contributed by atoms with Crippen molar-refractivity contribution in [3.05, 3.63) is 70.3 Å². The highest BCUT2D eigenvalue weighted by molar-refractivity contribution is 6.02. The van der Waals surface area contributed by atoms with Crippen LogP contribution in [-0.2, 0) is 0 Å². The van der Waals surface area contributed by atoms with Gasteiger partial charge >= 0.3 is 0 Å². The lowest BCUT2D eigenvalue weighted by Gasteiger charge is -2.19. The Morgan fingerprint density at radius 1 is 1.05 bits per heavy atom. The van der Waals surface area contributed by atoms with Gasteiger partial charge in [-0.3, -0.25) is 10.1 Å². The maximum Gasteiger partial charge on any atom is 0.242 e. The molecule has 0 saturated heterocycles. The molecule has 3 aromatic carbocycles. The van der Waals surface area contributed by atoms with E-state index in [4.69, 9.17) is 0 Å². The zero-order valence-electron chi connectivity index (χ0n) is 12.3. The minimum absolute atomic E-state index is 0.283. The van der Waals surface area contributed by atoms with Crippen molar-refractivity contribution in [1.82, 2.24) is 0 Å². The highest BCUT2D eigenvalue weighted by Gasteiger charge is 2.31. The second-order valence-corrected chi connectivity index (χ2v) is 5.44. The van der Waals surface area contributed by atoms with Gasteiger partial charge in [0, 0.05) is 16.9 Å². The molecular weight excluding hydrogens is 278 g/mol. The molecule has 2 atom stereocenters. The standard InChI is InChI=1S/C18H17NO3/c1-2-16(19(21)22)18(20)17-14-9-5-3-7-12(14)11-13-8-4-6-10-15(13)17/h3-11,16,18,20H,2H2,1H3. The molecule has 112 valence electrons. The Morgan fingerprint density at radius 3 is 2.00 bits per heavy atom. The van der Waals surface area contributed by atoms with Crippen molar-refractivity contribution in [2.45, 2.75) is 25.5 Å². The SMILES string of the molecule is CCC(C(O)c1c2ccccc2cc2ccccc12)[N+](=O)[O-]. The average molecular weight is 295 g/mol. The second-order valence-electron chi connectivity index (χ2n) is 5.44. The van der Waals surface area contributed by atoms with E-state index in [2.05, 4.69) is 0 Å². The molecule has 0 heterocycles. The molecule has 0 radical (unpaired) electrons. The van der Waals surface area contributed by atoms with E-state index in [1.54, 1.807) is 6.92 Å². The Labute approximate surface area is 128 Å². The molecule has 0 aromatic heterocycles. The van der Waals surface area contributed by atoms with E-state index in [9.17, 15) is 15.2 Å². The third-order valence-corrected chi connectivity index (χ3v) is 4.16. The molecular formula is C18H17NO3. The molecule has 4 heteroatoms. The lowest BCUT2D eigenvalue weighted by Crippen LogP contribution is -2.27. The zero-order valence-corrected chi connectivity index (χ0v) is 12.3. The summed E-state index contributed by atoms with van der Waals surface area (Å²) >= 11 is 0. The van der Waals surface area contributed by atoms with Gasteiger partial charge in [-0.05, 0) is 27.6 Å². The number of fused-ring (bicyclic) bond motifs is 2. The van der Waals surface area contributed by atoms with Crippen LogP contribution in [0.1, 0.15) is 25.0 Å². The van der Waals surface area contributed by atoms with Crippen LogP contribution in [0.3, 0.4) is 0 Å². The minimum Gasteiger partial charge on any atom is -0.381 e. The fraction of sp³-hybridized carbons (Fsp3) is 0.222. The summed E-state index contributed by atoms with van der Waals surface area (Å²) in [6.07, 6.45) is -0.845. The summed E-state index contributed by atoms with van der Waals surface area (Å²) in [7, 11) is 0. The van der Waals surface area contributed by atoms with E-state index in [1.165, 1.54) is 0 Å². The maximum atomic E-state index is 11.3. The maximum absolute atomic E-state index is 11.3. The van der Waals surface area contributed by atoms with E-state index in [0.29, 0.717) is 5.56 Å². The molecule has 0 aliphatic carbocycles. The van der Waals surface area contributed by atoms with Gasteiger partial charge in [-0.2, -0.15) is 0 Å². The van der Waals surface area contributed by atoms with Crippen molar-refractivity contribution in [2.24, 2.45) is 0 Å². The molecule has 0 spiro atoms. The molecule has 1 N–H and O–H groups in total. The van der Waals surface area contributed by atoms with Crippen LogP contribution in [-0.4, -0.2) is 16.1 Å². The third-order valence-electron chi connectivity index (χ3n) is 4.16. The summed E-state index contributed by atoms with van der Waals surface area (Å²) in [6, 6.07) is 16.4. The number of benzene rings is 3. The van der Waals surface area contributed by atoms with Gasteiger partial charge in [-0.1, -0.05) is 55.5 Å². The van der Waals surface area contributed by atoms with E-state index in [0.717, 1.165) is 21.5 Å². The molecule has 0 bridgehead atoms. The van der Waals surface area contributed by atoms with Crippen molar-refractivity contribution in [3.8, 4) is 0 Å².